The largest absolute Gasteiger partial charge is 0.481 e. The van der Waals surface area contributed by atoms with E-state index in [1.807, 2.05) is 18.2 Å². The molecule has 1 aromatic carbocycles. The van der Waals surface area contributed by atoms with Crippen LogP contribution in [0.1, 0.15) is 55.3 Å². The third-order valence-electron chi connectivity index (χ3n) is 5.51. The number of aliphatic carboxylic acids is 1. The molecule has 2 aliphatic rings. The van der Waals surface area contributed by atoms with Crippen molar-refractivity contribution in [2.45, 2.75) is 57.0 Å². The van der Waals surface area contributed by atoms with Gasteiger partial charge in [-0.2, -0.15) is 0 Å². The van der Waals surface area contributed by atoms with E-state index in [-0.39, 0.29) is 24.3 Å². The summed E-state index contributed by atoms with van der Waals surface area (Å²) in [5, 5.41) is 11.5. The number of rotatable bonds is 6. The molecule has 0 aromatic heterocycles. The van der Waals surface area contributed by atoms with Crippen LogP contribution in [0.3, 0.4) is 0 Å². The molecule has 2 amide bonds. The normalized spacial score (nSPS) is 24.8. The number of fused-ring (bicyclic) bond motifs is 1. The third-order valence-corrected chi connectivity index (χ3v) is 5.51. The number of carbonyl (C=O) groups excluding carboxylic acids is 2. The molecule has 3 atom stereocenters. The van der Waals surface area contributed by atoms with Crippen LogP contribution >= 0.6 is 0 Å². The summed E-state index contributed by atoms with van der Waals surface area (Å²) in [6, 6.07) is 8.80. The summed E-state index contributed by atoms with van der Waals surface area (Å²) in [5.41, 5.74) is 0.613. The predicted molar refractivity (Wildman–Crippen MR) is 96.6 cm³/mol. The van der Waals surface area contributed by atoms with Crippen molar-refractivity contribution in [3.05, 3.63) is 35.9 Å². The first kappa shape index (κ1) is 18.4. The highest BCUT2D eigenvalue weighted by Gasteiger charge is 2.47. The first-order valence-electron chi connectivity index (χ1n) is 9.45. The fourth-order valence-electron chi connectivity index (χ4n) is 4.29. The van der Waals surface area contributed by atoms with Gasteiger partial charge >= 0.3 is 5.97 Å². The van der Waals surface area contributed by atoms with Gasteiger partial charge in [0.2, 0.25) is 5.91 Å². The van der Waals surface area contributed by atoms with Crippen LogP contribution in [0.5, 0.6) is 0 Å². The Labute approximate surface area is 153 Å². The van der Waals surface area contributed by atoms with Gasteiger partial charge in [-0.25, -0.2) is 0 Å². The number of carbonyl (C=O) groups is 3. The number of hydrogen-bond acceptors (Lipinski definition) is 3. The summed E-state index contributed by atoms with van der Waals surface area (Å²) in [4.78, 5) is 38.2. The number of carboxylic acid groups (broad SMARTS) is 1. The van der Waals surface area contributed by atoms with Crippen molar-refractivity contribution in [1.29, 1.82) is 0 Å². The van der Waals surface area contributed by atoms with Gasteiger partial charge < -0.3 is 15.3 Å². The molecule has 0 radical (unpaired) electrons. The molecular formula is C20H26N2O4. The van der Waals surface area contributed by atoms with Gasteiger partial charge in [-0.1, -0.05) is 31.0 Å². The number of hydrogen-bond donors (Lipinski definition) is 2. The lowest BCUT2D eigenvalue weighted by molar-refractivity contribution is -0.137. The molecule has 140 valence electrons. The topological polar surface area (TPSA) is 86.7 Å². The molecule has 1 aromatic rings. The van der Waals surface area contributed by atoms with E-state index in [0.717, 1.165) is 25.7 Å². The Morgan fingerprint density at radius 3 is 2.58 bits per heavy atom. The lowest BCUT2D eigenvalue weighted by Crippen LogP contribution is -2.49. The van der Waals surface area contributed by atoms with E-state index in [4.69, 9.17) is 5.11 Å². The Kier molecular flexibility index (Phi) is 5.91. The van der Waals surface area contributed by atoms with Gasteiger partial charge in [0.15, 0.2) is 0 Å². The van der Waals surface area contributed by atoms with Crippen LogP contribution < -0.4 is 5.32 Å². The van der Waals surface area contributed by atoms with Crippen molar-refractivity contribution in [3.63, 3.8) is 0 Å². The molecule has 2 fully saturated rings. The van der Waals surface area contributed by atoms with Gasteiger partial charge in [-0.15, -0.1) is 0 Å². The van der Waals surface area contributed by atoms with Crippen molar-refractivity contribution in [1.82, 2.24) is 10.2 Å². The summed E-state index contributed by atoms with van der Waals surface area (Å²) in [6.45, 7) is 0.324. The average molecular weight is 358 g/mol. The summed E-state index contributed by atoms with van der Waals surface area (Å²) < 4.78 is 0. The van der Waals surface area contributed by atoms with Crippen LogP contribution in [0.2, 0.25) is 0 Å². The molecule has 1 saturated carbocycles. The van der Waals surface area contributed by atoms with Crippen LogP contribution in [0.4, 0.5) is 0 Å². The lowest BCUT2D eigenvalue weighted by Gasteiger charge is -2.33. The fourth-order valence-corrected chi connectivity index (χ4v) is 4.29. The SMILES string of the molecule is O=C(O)CCCNC(=O)C1CC2CCCCC2N1C(=O)c1ccccc1. The van der Waals surface area contributed by atoms with Crippen molar-refractivity contribution in [3.8, 4) is 0 Å². The van der Waals surface area contributed by atoms with E-state index in [2.05, 4.69) is 5.32 Å². The van der Waals surface area contributed by atoms with E-state index >= 15 is 0 Å². The maximum atomic E-state index is 13.1. The molecule has 1 saturated heterocycles. The number of benzene rings is 1. The van der Waals surface area contributed by atoms with Crippen LogP contribution in [0.25, 0.3) is 0 Å². The summed E-state index contributed by atoms with van der Waals surface area (Å²) in [6.07, 6.45) is 5.39. The van der Waals surface area contributed by atoms with Gasteiger partial charge in [-0.05, 0) is 43.7 Å². The molecule has 6 heteroatoms. The van der Waals surface area contributed by atoms with Gasteiger partial charge in [0, 0.05) is 24.6 Å². The number of nitrogens with zero attached hydrogens (tertiary/aromatic N) is 1. The first-order valence-corrected chi connectivity index (χ1v) is 9.45. The summed E-state index contributed by atoms with van der Waals surface area (Å²) >= 11 is 0. The summed E-state index contributed by atoms with van der Waals surface area (Å²) in [7, 11) is 0. The molecule has 6 nitrogen and oxygen atoms in total. The van der Waals surface area contributed by atoms with E-state index in [1.54, 1.807) is 17.0 Å². The second-order valence-electron chi connectivity index (χ2n) is 7.23. The molecular weight excluding hydrogens is 332 g/mol. The number of likely N-dealkylation sites (tertiary alicyclic amines) is 1. The maximum Gasteiger partial charge on any atom is 0.303 e. The molecule has 1 aliphatic carbocycles. The van der Waals surface area contributed by atoms with Crippen LogP contribution in [-0.2, 0) is 9.59 Å². The van der Waals surface area contributed by atoms with Gasteiger partial charge in [0.25, 0.3) is 5.91 Å². The fraction of sp³-hybridized carbons (Fsp3) is 0.550. The number of amides is 2. The smallest absolute Gasteiger partial charge is 0.303 e. The quantitative estimate of drug-likeness (QED) is 0.765. The van der Waals surface area contributed by atoms with Gasteiger partial charge in [-0.3, -0.25) is 14.4 Å². The van der Waals surface area contributed by atoms with Crippen LogP contribution in [-0.4, -0.2) is 46.4 Å². The zero-order chi connectivity index (χ0) is 18.5. The highest BCUT2D eigenvalue weighted by molar-refractivity contribution is 5.98. The Morgan fingerprint density at radius 2 is 1.85 bits per heavy atom. The molecule has 2 N–H and O–H groups in total. The van der Waals surface area contributed by atoms with Crippen LogP contribution in [0.15, 0.2) is 30.3 Å². The molecule has 26 heavy (non-hydrogen) atoms. The molecule has 0 spiro atoms. The van der Waals surface area contributed by atoms with E-state index in [0.29, 0.717) is 30.9 Å². The predicted octanol–water partition coefficient (Wildman–Crippen LogP) is 2.44. The van der Waals surface area contributed by atoms with E-state index in [1.165, 1.54) is 0 Å². The zero-order valence-corrected chi connectivity index (χ0v) is 14.9. The van der Waals surface area contributed by atoms with Gasteiger partial charge in [0.1, 0.15) is 6.04 Å². The minimum absolute atomic E-state index is 0.0306. The van der Waals surface area contributed by atoms with Gasteiger partial charge in [0.05, 0.1) is 0 Å². The van der Waals surface area contributed by atoms with Crippen molar-refractivity contribution < 1.29 is 19.5 Å². The number of nitrogens with one attached hydrogen (secondary N) is 1. The molecule has 1 heterocycles. The lowest BCUT2D eigenvalue weighted by atomic mass is 9.84. The van der Waals surface area contributed by atoms with Crippen molar-refractivity contribution in [2.24, 2.45) is 5.92 Å². The highest BCUT2D eigenvalue weighted by Crippen LogP contribution is 2.40. The Morgan fingerprint density at radius 1 is 1.12 bits per heavy atom. The molecule has 3 rings (SSSR count). The van der Waals surface area contributed by atoms with Crippen molar-refractivity contribution >= 4 is 17.8 Å². The average Bonchev–Trinajstić information content (AvgIpc) is 3.04. The Balaban J connectivity index is 1.72. The van der Waals surface area contributed by atoms with E-state index in [9.17, 15) is 14.4 Å². The third kappa shape index (κ3) is 4.06. The molecule has 0 bridgehead atoms. The number of carboxylic acids is 1. The Bertz CT molecular complexity index is 661. The summed E-state index contributed by atoms with van der Waals surface area (Å²) in [5.74, 6) is -0.724. The first-order chi connectivity index (χ1) is 12.6. The second kappa shape index (κ2) is 8.34. The van der Waals surface area contributed by atoms with Crippen LogP contribution in [0, 0.1) is 5.92 Å². The standard InChI is InChI=1S/C20H26N2O4/c23-18(24)11-6-12-21-19(25)17-13-15-9-4-5-10-16(15)22(17)20(26)14-7-2-1-3-8-14/h1-3,7-8,15-17H,4-6,9-13H2,(H,21,25)(H,23,24). The Hall–Kier alpha value is -2.37. The molecule has 1 aliphatic heterocycles. The minimum atomic E-state index is -0.869. The monoisotopic (exact) mass is 358 g/mol. The van der Waals surface area contributed by atoms with E-state index < -0.39 is 12.0 Å². The molecule has 3 unspecified atom stereocenters. The van der Waals surface area contributed by atoms with Crippen molar-refractivity contribution in [2.75, 3.05) is 6.54 Å². The minimum Gasteiger partial charge on any atom is -0.481 e. The highest BCUT2D eigenvalue weighted by atomic mass is 16.4. The zero-order valence-electron chi connectivity index (χ0n) is 14.9. The maximum absolute atomic E-state index is 13.1. The second-order valence-corrected chi connectivity index (χ2v) is 7.23.